The highest BCUT2D eigenvalue weighted by atomic mass is 35.5. The first-order chi connectivity index (χ1) is 13.1. The highest BCUT2D eigenvalue weighted by Gasteiger charge is 2.24. The molecule has 0 saturated carbocycles. The van der Waals surface area contributed by atoms with E-state index in [4.69, 9.17) is 27.9 Å². The normalized spacial score (nSPS) is 15.5. The number of thiophene rings is 1. The van der Waals surface area contributed by atoms with E-state index in [1.165, 1.54) is 0 Å². The molecule has 1 aliphatic heterocycles. The number of nitrogens with zero attached hydrogens (tertiary/aromatic N) is 2. The van der Waals surface area contributed by atoms with Crippen LogP contribution in [0.4, 0.5) is 0 Å². The molecule has 4 nitrogen and oxygen atoms in total. The number of halogens is 2. The second-order valence-electron chi connectivity index (χ2n) is 6.63. The van der Waals surface area contributed by atoms with Crippen molar-refractivity contribution in [2.75, 3.05) is 32.8 Å². The summed E-state index contributed by atoms with van der Waals surface area (Å²) in [6.07, 6.45) is 0. The summed E-state index contributed by atoms with van der Waals surface area (Å²) >= 11 is 14.0. The molecule has 4 rings (SSSR count). The predicted octanol–water partition coefficient (Wildman–Crippen LogP) is 4.88. The zero-order valence-corrected chi connectivity index (χ0v) is 17.3. The number of hydrogen-bond acceptors (Lipinski definition) is 4. The number of ketones is 1. The molecule has 2 aromatic heterocycles. The first-order valence-corrected chi connectivity index (χ1v) is 10.6. The van der Waals surface area contributed by atoms with Gasteiger partial charge in [0.25, 0.3) is 0 Å². The summed E-state index contributed by atoms with van der Waals surface area (Å²) in [5, 5.41) is 2.75. The van der Waals surface area contributed by atoms with Crippen LogP contribution in [0.25, 0.3) is 10.2 Å². The molecular formula is C20H20Cl2N2O2S. The van der Waals surface area contributed by atoms with Gasteiger partial charge in [-0.1, -0.05) is 29.3 Å². The van der Waals surface area contributed by atoms with Gasteiger partial charge in [-0.15, -0.1) is 11.3 Å². The summed E-state index contributed by atoms with van der Waals surface area (Å²) in [6.45, 7) is 7.28. The molecule has 3 aromatic rings. The van der Waals surface area contributed by atoms with E-state index in [1.807, 2.05) is 12.3 Å². The Balaban J connectivity index is 1.69. The second kappa shape index (κ2) is 7.94. The average molecular weight is 423 g/mol. The quantitative estimate of drug-likeness (QED) is 0.549. The van der Waals surface area contributed by atoms with Gasteiger partial charge in [0.2, 0.25) is 0 Å². The number of fused-ring (bicyclic) bond motifs is 1. The van der Waals surface area contributed by atoms with Crippen molar-refractivity contribution in [2.24, 2.45) is 0 Å². The molecule has 7 heteroatoms. The first-order valence-electron chi connectivity index (χ1n) is 8.93. The van der Waals surface area contributed by atoms with Gasteiger partial charge in [-0.3, -0.25) is 9.69 Å². The Bertz CT molecular complexity index is 989. The fourth-order valence-electron chi connectivity index (χ4n) is 3.62. The first kappa shape index (κ1) is 19.0. The van der Waals surface area contributed by atoms with Crippen LogP contribution in [-0.2, 0) is 11.3 Å². The summed E-state index contributed by atoms with van der Waals surface area (Å²) in [7, 11) is 0. The van der Waals surface area contributed by atoms with Crippen LogP contribution in [-0.4, -0.2) is 48.1 Å². The lowest BCUT2D eigenvalue weighted by molar-refractivity contribution is 0.0365. The van der Waals surface area contributed by atoms with Crippen molar-refractivity contribution >= 4 is 50.5 Å². The van der Waals surface area contributed by atoms with Gasteiger partial charge in [0.15, 0.2) is 5.78 Å². The van der Waals surface area contributed by atoms with Gasteiger partial charge < -0.3 is 9.30 Å². The molecule has 0 N–H and O–H groups in total. The number of hydrogen-bond donors (Lipinski definition) is 0. The number of rotatable bonds is 5. The summed E-state index contributed by atoms with van der Waals surface area (Å²) in [6, 6.07) is 7.28. The third-order valence-electron chi connectivity index (χ3n) is 5.10. The summed E-state index contributed by atoms with van der Waals surface area (Å²) in [5.41, 5.74) is 3.26. The maximum Gasteiger partial charge on any atom is 0.197 e. The van der Waals surface area contributed by atoms with Crippen LogP contribution >= 0.6 is 34.5 Å². The Morgan fingerprint density at radius 3 is 2.74 bits per heavy atom. The minimum atomic E-state index is -0.0717. The Morgan fingerprint density at radius 2 is 1.96 bits per heavy atom. The molecule has 0 aliphatic carbocycles. The van der Waals surface area contributed by atoms with Crippen molar-refractivity contribution in [3.63, 3.8) is 0 Å². The van der Waals surface area contributed by atoms with E-state index >= 15 is 0 Å². The number of morpholine rings is 1. The maximum absolute atomic E-state index is 13.3. The third-order valence-corrected chi connectivity index (χ3v) is 6.84. The lowest BCUT2D eigenvalue weighted by Gasteiger charge is -2.27. The highest BCUT2D eigenvalue weighted by Crippen LogP contribution is 2.35. The van der Waals surface area contributed by atoms with E-state index in [9.17, 15) is 4.79 Å². The molecule has 1 aliphatic rings. The monoisotopic (exact) mass is 422 g/mol. The molecule has 1 saturated heterocycles. The van der Waals surface area contributed by atoms with Crippen molar-refractivity contribution < 1.29 is 9.53 Å². The van der Waals surface area contributed by atoms with Crippen LogP contribution in [0.5, 0.6) is 0 Å². The van der Waals surface area contributed by atoms with Crippen LogP contribution in [0.15, 0.2) is 29.6 Å². The molecule has 0 amide bonds. The molecule has 1 aromatic carbocycles. The number of ether oxygens (including phenoxy) is 1. The Labute approximate surface area is 172 Å². The van der Waals surface area contributed by atoms with Crippen LogP contribution < -0.4 is 0 Å². The summed E-state index contributed by atoms with van der Waals surface area (Å²) < 4.78 is 8.68. The Kier molecular flexibility index (Phi) is 5.58. The average Bonchev–Trinajstić information content (AvgIpc) is 3.23. The van der Waals surface area contributed by atoms with Crippen molar-refractivity contribution in [1.82, 2.24) is 9.47 Å². The van der Waals surface area contributed by atoms with Gasteiger partial charge in [0.05, 0.1) is 39.0 Å². The van der Waals surface area contributed by atoms with Crippen LogP contribution in [0.2, 0.25) is 10.0 Å². The number of carbonyl (C=O) groups excluding carboxylic acids is 1. The molecule has 0 unspecified atom stereocenters. The fraction of sp³-hybridized carbons (Fsp3) is 0.350. The largest absolute Gasteiger partial charge is 0.379 e. The molecule has 27 heavy (non-hydrogen) atoms. The molecule has 0 spiro atoms. The zero-order valence-electron chi connectivity index (χ0n) is 15.0. The van der Waals surface area contributed by atoms with Gasteiger partial charge in [-0.25, -0.2) is 0 Å². The maximum atomic E-state index is 13.3. The van der Waals surface area contributed by atoms with Crippen molar-refractivity contribution in [2.45, 2.75) is 13.5 Å². The predicted molar refractivity (Wildman–Crippen MR) is 112 cm³/mol. The van der Waals surface area contributed by atoms with Gasteiger partial charge in [0.1, 0.15) is 0 Å². The van der Waals surface area contributed by atoms with Crippen molar-refractivity contribution in [3.05, 3.63) is 56.5 Å². The van der Waals surface area contributed by atoms with E-state index in [0.29, 0.717) is 15.6 Å². The van der Waals surface area contributed by atoms with E-state index < -0.39 is 0 Å². The minimum Gasteiger partial charge on any atom is -0.379 e. The molecule has 142 valence electrons. The number of carbonyl (C=O) groups is 1. The lowest BCUT2D eigenvalue weighted by atomic mass is 10.0. The SMILES string of the molecule is Cc1c(C(=O)c2cccc(Cl)c2Cl)c2sccc2n1CCN1CCOCC1. The highest BCUT2D eigenvalue weighted by molar-refractivity contribution is 7.17. The molecule has 1 fully saturated rings. The van der Waals surface area contributed by atoms with Gasteiger partial charge in [-0.2, -0.15) is 0 Å². The molecule has 3 heterocycles. The number of aromatic nitrogens is 1. The van der Waals surface area contributed by atoms with Gasteiger partial charge >= 0.3 is 0 Å². The minimum absolute atomic E-state index is 0.0717. The number of benzene rings is 1. The van der Waals surface area contributed by atoms with E-state index in [-0.39, 0.29) is 5.78 Å². The molecular weight excluding hydrogens is 403 g/mol. The second-order valence-corrected chi connectivity index (χ2v) is 8.33. The fourth-order valence-corrected chi connectivity index (χ4v) is 4.99. The Morgan fingerprint density at radius 1 is 1.19 bits per heavy atom. The van der Waals surface area contributed by atoms with E-state index in [0.717, 1.165) is 60.9 Å². The van der Waals surface area contributed by atoms with Crippen LogP contribution in [0.3, 0.4) is 0 Å². The van der Waals surface area contributed by atoms with Gasteiger partial charge in [-0.05, 0) is 30.5 Å². The summed E-state index contributed by atoms with van der Waals surface area (Å²) in [4.78, 5) is 15.7. The van der Waals surface area contributed by atoms with E-state index in [1.54, 1.807) is 29.5 Å². The van der Waals surface area contributed by atoms with Gasteiger partial charge in [0, 0.05) is 37.4 Å². The standard InChI is InChI=1S/C20H20Cl2N2O2S/c1-13-17(19(25)14-3-2-4-15(21)18(14)22)20-16(5-12-27-20)24(13)7-6-23-8-10-26-11-9-23/h2-5,12H,6-11H2,1H3. The molecule has 0 bridgehead atoms. The molecule has 0 radical (unpaired) electrons. The Hall–Kier alpha value is -1.37. The van der Waals surface area contributed by atoms with Crippen LogP contribution in [0, 0.1) is 6.92 Å². The van der Waals surface area contributed by atoms with Crippen molar-refractivity contribution in [3.8, 4) is 0 Å². The lowest BCUT2D eigenvalue weighted by Crippen LogP contribution is -2.38. The van der Waals surface area contributed by atoms with Crippen molar-refractivity contribution in [1.29, 1.82) is 0 Å². The van der Waals surface area contributed by atoms with Crippen LogP contribution in [0.1, 0.15) is 21.6 Å². The smallest absolute Gasteiger partial charge is 0.197 e. The molecule has 0 atom stereocenters. The third kappa shape index (κ3) is 3.55. The summed E-state index contributed by atoms with van der Waals surface area (Å²) in [5.74, 6) is -0.0717. The zero-order chi connectivity index (χ0) is 19.0. The van der Waals surface area contributed by atoms with E-state index in [2.05, 4.69) is 15.5 Å². The topological polar surface area (TPSA) is 34.5 Å².